The van der Waals surface area contributed by atoms with Gasteiger partial charge < -0.3 is 9.88 Å². The number of nitrogens with one attached hydrogen (secondary N) is 1. The number of imidazole rings is 1. The molecule has 0 radical (unpaired) electrons. The molecule has 0 spiro atoms. The van der Waals surface area contributed by atoms with Crippen molar-refractivity contribution >= 4 is 5.95 Å². The lowest BCUT2D eigenvalue weighted by atomic mass is 10.0. The van der Waals surface area contributed by atoms with Crippen LogP contribution >= 0.6 is 0 Å². The van der Waals surface area contributed by atoms with Crippen LogP contribution in [0, 0.1) is 6.92 Å². The lowest BCUT2D eigenvalue weighted by Crippen LogP contribution is -2.17. The number of benzene rings is 1. The summed E-state index contributed by atoms with van der Waals surface area (Å²) in [5.41, 5.74) is 2.38. The highest BCUT2D eigenvalue weighted by molar-refractivity contribution is 5.33. The van der Waals surface area contributed by atoms with Crippen LogP contribution < -0.4 is 5.32 Å². The minimum Gasteiger partial charge on any atom is -0.353 e. The molecule has 0 saturated carbocycles. The summed E-state index contributed by atoms with van der Waals surface area (Å²) in [4.78, 5) is 4.60. The van der Waals surface area contributed by atoms with Crippen LogP contribution in [0.2, 0.25) is 0 Å². The van der Waals surface area contributed by atoms with E-state index in [-0.39, 0.29) is 0 Å². The van der Waals surface area contributed by atoms with Crippen LogP contribution in [0.5, 0.6) is 0 Å². The van der Waals surface area contributed by atoms with Gasteiger partial charge >= 0.3 is 0 Å². The molecule has 1 heterocycles. The summed E-state index contributed by atoms with van der Waals surface area (Å²) in [6.07, 6.45) is 3.18. The number of aromatic nitrogens is 2. The smallest absolute Gasteiger partial charge is 0.203 e. The number of hydrogen-bond donors (Lipinski definition) is 1. The second-order valence-electron chi connectivity index (χ2n) is 5.25. The summed E-state index contributed by atoms with van der Waals surface area (Å²) in [5.74, 6) is 0.961. The van der Waals surface area contributed by atoms with Gasteiger partial charge in [0.15, 0.2) is 0 Å². The Labute approximate surface area is 115 Å². The normalized spacial score (nSPS) is 12.7. The second-order valence-corrected chi connectivity index (χ2v) is 5.25. The predicted molar refractivity (Wildman–Crippen MR) is 80.6 cm³/mol. The van der Waals surface area contributed by atoms with Gasteiger partial charge in [0.1, 0.15) is 0 Å². The zero-order valence-corrected chi connectivity index (χ0v) is 12.2. The highest BCUT2D eigenvalue weighted by atomic mass is 15.2. The fourth-order valence-corrected chi connectivity index (χ4v) is 2.39. The average molecular weight is 257 g/mol. The molecular weight excluding hydrogens is 234 g/mol. The Kier molecular flexibility index (Phi) is 4.25. The van der Waals surface area contributed by atoms with E-state index in [9.17, 15) is 0 Å². The molecule has 2 rings (SSSR count). The number of anilines is 1. The maximum absolute atomic E-state index is 4.60. The van der Waals surface area contributed by atoms with Crippen molar-refractivity contribution in [2.45, 2.75) is 46.2 Å². The molecule has 3 heteroatoms. The maximum Gasteiger partial charge on any atom is 0.203 e. The molecule has 0 saturated heterocycles. The van der Waals surface area contributed by atoms with Gasteiger partial charge in [-0.15, -0.1) is 0 Å². The molecule has 0 fully saturated rings. The minimum atomic E-state index is 0.337. The van der Waals surface area contributed by atoms with Crippen molar-refractivity contribution in [1.29, 1.82) is 0 Å². The van der Waals surface area contributed by atoms with Crippen LogP contribution in [-0.2, 0) is 0 Å². The van der Waals surface area contributed by atoms with E-state index < -0.39 is 0 Å². The van der Waals surface area contributed by atoms with E-state index in [1.54, 1.807) is 0 Å². The number of rotatable bonds is 5. The van der Waals surface area contributed by atoms with Gasteiger partial charge in [0.2, 0.25) is 5.95 Å². The van der Waals surface area contributed by atoms with Gasteiger partial charge in [0.05, 0.1) is 11.7 Å². The molecule has 0 aliphatic rings. The van der Waals surface area contributed by atoms with Crippen LogP contribution in [0.25, 0.3) is 0 Å². The average Bonchev–Trinajstić information content (AvgIpc) is 2.72. The Bertz CT molecular complexity index is 514. The summed E-state index contributed by atoms with van der Waals surface area (Å²) in [7, 11) is 0. The highest BCUT2D eigenvalue weighted by Crippen LogP contribution is 2.26. The van der Waals surface area contributed by atoms with Gasteiger partial charge in [0, 0.05) is 12.2 Å². The molecule has 0 aliphatic heterocycles. The molecule has 0 aliphatic carbocycles. The van der Waals surface area contributed by atoms with Gasteiger partial charge in [-0.25, -0.2) is 4.98 Å². The molecule has 0 bridgehead atoms. The summed E-state index contributed by atoms with van der Waals surface area (Å²) >= 11 is 0. The van der Waals surface area contributed by atoms with Crippen molar-refractivity contribution in [3.63, 3.8) is 0 Å². The standard InChI is InChI=1S/C16H23N3/c1-5-15(14-9-7-6-8-10-14)19-11-13(4)18-16(19)17-12(2)3/h6-12,15H,5H2,1-4H3,(H,17,18). The Morgan fingerprint density at radius 1 is 1.21 bits per heavy atom. The first-order valence-corrected chi connectivity index (χ1v) is 6.98. The van der Waals surface area contributed by atoms with Crippen molar-refractivity contribution < 1.29 is 0 Å². The van der Waals surface area contributed by atoms with Crippen molar-refractivity contribution in [2.75, 3.05) is 5.32 Å². The molecule has 19 heavy (non-hydrogen) atoms. The first kappa shape index (κ1) is 13.7. The third-order valence-corrected chi connectivity index (χ3v) is 3.18. The van der Waals surface area contributed by atoms with Crippen LogP contribution in [0.1, 0.15) is 44.5 Å². The molecule has 1 aromatic heterocycles. The largest absolute Gasteiger partial charge is 0.353 e. The lowest BCUT2D eigenvalue weighted by Gasteiger charge is -2.21. The van der Waals surface area contributed by atoms with Crippen LogP contribution in [-0.4, -0.2) is 15.6 Å². The Balaban J connectivity index is 2.38. The maximum atomic E-state index is 4.60. The second kappa shape index (κ2) is 5.91. The zero-order chi connectivity index (χ0) is 13.8. The van der Waals surface area contributed by atoms with Crippen LogP contribution in [0.3, 0.4) is 0 Å². The van der Waals surface area contributed by atoms with E-state index >= 15 is 0 Å². The molecular formula is C16H23N3. The quantitative estimate of drug-likeness (QED) is 0.877. The third-order valence-electron chi connectivity index (χ3n) is 3.18. The lowest BCUT2D eigenvalue weighted by molar-refractivity contribution is 0.568. The Hall–Kier alpha value is -1.77. The predicted octanol–water partition coefficient (Wildman–Crippen LogP) is 4.01. The molecule has 3 nitrogen and oxygen atoms in total. The van der Waals surface area contributed by atoms with Crippen molar-refractivity contribution in [3.8, 4) is 0 Å². The van der Waals surface area contributed by atoms with E-state index in [4.69, 9.17) is 0 Å². The summed E-state index contributed by atoms with van der Waals surface area (Å²) in [5, 5.41) is 3.43. The van der Waals surface area contributed by atoms with Crippen LogP contribution in [0.15, 0.2) is 36.5 Å². The summed E-state index contributed by atoms with van der Waals surface area (Å²) in [6.45, 7) is 8.53. The molecule has 1 atom stereocenters. The van der Waals surface area contributed by atoms with Crippen molar-refractivity contribution in [3.05, 3.63) is 47.8 Å². The summed E-state index contributed by atoms with van der Waals surface area (Å²) in [6, 6.07) is 11.3. The number of aryl methyl sites for hydroxylation is 1. The molecule has 0 amide bonds. The molecule has 1 aromatic carbocycles. The first-order chi connectivity index (χ1) is 9.11. The van der Waals surface area contributed by atoms with E-state index in [1.807, 2.05) is 6.92 Å². The van der Waals surface area contributed by atoms with E-state index in [2.05, 4.69) is 72.2 Å². The van der Waals surface area contributed by atoms with Crippen molar-refractivity contribution in [1.82, 2.24) is 9.55 Å². The van der Waals surface area contributed by atoms with Crippen molar-refractivity contribution in [2.24, 2.45) is 0 Å². The highest BCUT2D eigenvalue weighted by Gasteiger charge is 2.16. The minimum absolute atomic E-state index is 0.337. The van der Waals surface area contributed by atoms with Gasteiger partial charge in [-0.3, -0.25) is 0 Å². The van der Waals surface area contributed by atoms with E-state index in [1.165, 1.54) is 5.56 Å². The van der Waals surface area contributed by atoms with Gasteiger partial charge in [0.25, 0.3) is 0 Å². The number of hydrogen-bond acceptors (Lipinski definition) is 2. The number of nitrogens with zero attached hydrogens (tertiary/aromatic N) is 2. The fourth-order valence-electron chi connectivity index (χ4n) is 2.39. The van der Waals surface area contributed by atoms with Gasteiger partial charge in [-0.2, -0.15) is 0 Å². The van der Waals surface area contributed by atoms with Gasteiger partial charge in [-0.05, 0) is 32.8 Å². The Morgan fingerprint density at radius 2 is 1.89 bits per heavy atom. The topological polar surface area (TPSA) is 29.9 Å². The van der Waals surface area contributed by atoms with Crippen LogP contribution in [0.4, 0.5) is 5.95 Å². The SMILES string of the molecule is CCC(c1ccccc1)n1cc(C)nc1NC(C)C. The van der Waals surface area contributed by atoms with E-state index in [0.29, 0.717) is 12.1 Å². The van der Waals surface area contributed by atoms with Gasteiger partial charge in [-0.1, -0.05) is 37.3 Å². The zero-order valence-electron chi connectivity index (χ0n) is 12.2. The fraction of sp³-hybridized carbons (Fsp3) is 0.438. The van der Waals surface area contributed by atoms with E-state index in [0.717, 1.165) is 18.1 Å². The first-order valence-electron chi connectivity index (χ1n) is 6.98. The monoisotopic (exact) mass is 257 g/mol. The summed E-state index contributed by atoms with van der Waals surface area (Å²) < 4.78 is 2.25. The Morgan fingerprint density at radius 3 is 2.47 bits per heavy atom. The molecule has 1 N–H and O–H groups in total. The molecule has 102 valence electrons. The molecule has 2 aromatic rings. The molecule has 1 unspecified atom stereocenters. The third kappa shape index (κ3) is 3.16.